The third-order valence-electron chi connectivity index (χ3n) is 2.29. The van der Waals surface area contributed by atoms with Crippen LogP contribution >= 0.6 is 11.8 Å². The van der Waals surface area contributed by atoms with Gasteiger partial charge in [0.15, 0.2) is 0 Å². The van der Waals surface area contributed by atoms with E-state index in [0.29, 0.717) is 0 Å². The van der Waals surface area contributed by atoms with Crippen LogP contribution in [0.5, 0.6) is 0 Å². The Morgan fingerprint density at radius 2 is 2.43 bits per heavy atom. The molecule has 2 nitrogen and oxygen atoms in total. The predicted octanol–water partition coefficient (Wildman–Crippen LogP) is 2.51. The van der Waals surface area contributed by atoms with Gasteiger partial charge in [0, 0.05) is 10.6 Å². The first-order valence-corrected chi connectivity index (χ1v) is 5.51. The van der Waals surface area contributed by atoms with E-state index < -0.39 is 0 Å². The molecule has 14 heavy (non-hydrogen) atoms. The Labute approximate surface area is 86.8 Å². The molecule has 2 rings (SSSR count). The maximum Gasteiger partial charge on any atom is 0.137 e. The number of fused-ring (bicyclic) bond motifs is 1. The van der Waals surface area contributed by atoms with E-state index >= 15 is 0 Å². The third kappa shape index (κ3) is 1.78. The summed E-state index contributed by atoms with van der Waals surface area (Å²) in [7, 11) is 1.58. The molecule has 1 heterocycles. The molecule has 0 aliphatic carbocycles. The van der Waals surface area contributed by atoms with Crippen molar-refractivity contribution in [3.8, 4) is 0 Å². The van der Waals surface area contributed by atoms with Crippen molar-refractivity contribution >= 4 is 11.8 Å². The molecule has 0 saturated heterocycles. The Hall–Kier alpha value is -0.580. The quantitative estimate of drug-likeness (QED) is 0.763. The average molecular weight is 213 g/mol. The molecule has 0 amide bonds. The molecule has 0 radical (unpaired) electrons. The summed E-state index contributed by atoms with van der Waals surface area (Å²) in [4.78, 5) is 5.65. The fourth-order valence-corrected chi connectivity index (χ4v) is 2.79. The van der Waals surface area contributed by atoms with Crippen LogP contribution in [0.15, 0.2) is 23.1 Å². The molecule has 1 unspecified atom stereocenters. The topological polar surface area (TPSA) is 21.3 Å². The lowest BCUT2D eigenvalue weighted by Crippen LogP contribution is -2.23. The highest BCUT2D eigenvalue weighted by Gasteiger charge is 2.22. The van der Waals surface area contributed by atoms with Crippen LogP contribution in [-0.2, 0) is 4.84 Å². The molecule has 0 bridgehead atoms. The second-order valence-electron chi connectivity index (χ2n) is 3.17. The smallest absolute Gasteiger partial charge is 0.137 e. The predicted molar refractivity (Wildman–Crippen MR) is 54.6 cm³/mol. The van der Waals surface area contributed by atoms with Crippen molar-refractivity contribution in [3.63, 3.8) is 0 Å². The van der Waals surface area contributed by atoms with Gasteiger partial charge in [-0.15, -0.1) is 11.8 Å². The number of benzene rings is 1. The van der Waals surface area contributed by atoms with Crippen LogP contribution in [0, 0.1) is 5.82 Å². The first-order chi connectivity index (χ1) is 6.83. The van der Waals surface area contributed by atoms with Crippen LogP contribution in [0.2, 0.25) is 0 Å². The van der Waals surface area contributed by atoms with Gasteiger partial charge < -0.3 is 4.84 Å². The van der Waals surface area contributed by atoms with Crippen molar-refractivity contribution in [2.24, 2.45) is 0 Å². The number of nitrogens with one attached hydrogen (secondary N) is 1. The Morgan fingerprint density at radius 3 is 3.21 bits per heavy atom. The maximum absolute atomic E-state index is 13.4. The van der Waals surface area contributed by atoms with Gasteiger partial charge in [-0.25, -0.2) is 4.39 Å². The van der Waals surface area contributed by atoms with Crippen molar-refractivity contribution < 1.29 is 9.23 Å². The Bertz CT molecular complexity index is 332. The summed E-state index contributed by atoms with van der Waals surface area (Å²) in [5.41, 5.74) is 3.89. The second kappa shape index (κ2) is 4.29. The third-order valence-corrected chi connectivity index (χ3v) is 3.45. The van der Waals surface area contributed by atoms with E-state index in [4.69, 9.17) is 4.84 Å². The van der Waals surface area contributed by atoms with Gasteiger partial charge in [-0.05, 0) is 18.1 Å². The SMILES string of the molecule is CONC1CCSc2c(F)cccc21. The molecular weight excluding hydrogens is 201 g/mol. The Morgan fingerprint density at radius 1 is 1.57 bits per heavy atom. The maximum atomic E-state index is 13.4. The standard InChI is InChI=1S/C10H12FNOS/c1-13-12-9-5-6-14-10-7(9)3-2-4-8(10)11/h2-4,9,12H,5-6H2,1H3. The number of hydrogen-bond acceptors (Lipinski definition) is 3. The van der Waals surface area contributed by atoms with Gasteiger partial charge in [-0.1, -0.05) is 12.1 Å². The monoisotopic (exact) mass is 213 g/mol. The fraction of sp³-hybridized carbons (Fsp3) is 0.400. The van der Waals surface area contributed by atoms with Crippen molar-refractivity contribution in [1.82, 2.24) is 5.48 Å². The van der Waals surface area contributed by atoms with Crippen LogP contribution in [0.3, 0.4) is 0 Å². The molecule has 1 atom stereocenters. The van der Waals surface area contributed by atoms with Crippen molar-refractivity contribution in [2.75, 3.05) is 12.9 Å². The summed E-state index contributed by atoms with van der Waals surface area (Å²) >= 11 is 1.57. The minimum absolute atomic E-state index is 0.118. The highest BCUT2D eigenvalue weighted by molar-refractivity contribution is 7.99. The van der Waals surface area contributed by atoms with Gasteiger partial charge in [0.1, 0.15) is 5.82 Å². The largest absolute Gasteiger partial charge is 0.305 e. The van der Waals surface area contributed by atoms with Crippen molar-refractivity contribution in [1.29, 1.82) is 0 Å². The molecule has 4 heteroatoms. The minimum atomic E-state index is -0.130. The molecule has 1 aromatic carbocycles. The highest BCUT2D eigenvalue weighted by atomic mass is 32.2. The number of hydroxylamine groups is 1. The Balaban J connectivity index is 2.34. The van der Waals surface area contributed by atoms with E-state index in [9.17, 15) is 4.39 Å². The van der Waals surface area contributed by atoms with Crippen LogP contribution in [-0.4, -0.2) is 12.9 Å². The second-order valence-corrected chi connectivity index (χ2v) is 4.28. The molecule has 1 aliphatic heterocycles. The van der Waals surface area contributed by atoms with Gasteiger partial charge in [0.25, 0.3) is 0 Å². The van der Waals surface area contributed by atoms with Gasteiger partial charge >= 0.3 is 0 Å². The lowest BCUT2D eigenvalue weighted by atomic mass is 10.0. The summed E-state index contributed by atoms with van der Waals surface area (Å²) in [5, 5.41) is 0. The van der Waals surface area contributed by atoms with Gasteiger partial charge in [0.05, 0.1) is 13.2 Å². The van der Waals surface area contributed by atoms with Crippen LogP contribution < -0.4 is 5.48 Å². The molecule has 0 saturated carbocycles. The zero-order valence-corrected chi connectivity index (χ0v) is 8.73. The van der Waals surface area contributed by atoms with E-state index in [0.717, 1.165) is 22.6 Å². The number of rotatable bonds is 2. The average Bonchev–Trinajstić information content (AvgIpc) is 2.20. The van der Waals surface area contributed by atoms with Crippen LogP contribution in [0.25, 0.3) is 0 Å². The van der Waals surface area contributed by atoms with E-state index in [1.54, 1.807) is 24.9 Å². The normalized spacial score (nSPS) is 20.6. The fourth-order valence-electron chi connectivity index (χ4n) is 1.65. The zero-order valence-electron chi connectivity index (χ0n) is 7.92. The molecule has 76 valence electrons. The molecule has 0 fully saturated rings. The van der Waals surface area contributed by atoms with Crippen LogP contribution in [0.1, 0.15) is 18.0 Å². The molecular formula is C10H12FNOS. The number of thioether (sulfide) groups is 1. The summed E-state index contributed by atoms with van der Waals surface area (Å²) in [6.45, 7) is 0. The van der Waals surface area contributed by atoms with Crippen molar-refractivity contribution in [3.05, 3.63) is 29.6 Å². The zero-order chi connectivity index (χ0) is 9.97. The Kier molecular flexibility index (Phi) is 3.05. The van der Waals surface area contributed by atoms with E-state index in [-0.39, 0.29) is 11.9 Å². The number of hydrogen-bond donors (Lipinski definition) is 1. The van der Waals surface area contributed by atoms with Gasteiger partial charge in [-0.2, -0.15) is 5.48 Å². The van der Waals surface area contributed by atoms with Crippen LogP contribution in [0.4, 0.5) is 4.39 Å². The van der Waals surface area contributed by atoms with E-state index in [1.165, 1.54) is 6.07 Å². The lowest BCUT2D eigenvalue weighted by Gasteiger charge is -2.25. The first-order valence-electron chi connectivity index (χ1n) is 4.52. The highest BCUT2D eigenvalue weighted by Crippen LogP contribution is 2.37. The molecule has 0 aromatic heterocycles. The lowest BCUT2D eigenvalue weighted by molar-refractivity contribution is 0.0581. The molecule has 1 N–H and O–H groups in total. The molecule has 0 spiro atoms. The molecule has 1 aromatic rings. The summed E-state index contributed by atoms with van der Waals surface area (Å²) in [6, 6.07) is 5.30. The summed E-state index contributed by atoms with van der Waals surface area (Å²) in [6.07, 6.45) is 0.967. The van der Waals surface area contributed by atoms with E-state index in [2.05, 4.69) is 5.48 Å². The molecule has 1 aliphatic rings. The first kappa shape index (κ1) is 9.96. The number of halogens is 1. The van der Waals surface area contributed by atoms with Crippen molar-refractivity contribution in [2.45, 2.75) is 17.4 Å². The van der Waals surface area contributed by atoms with Gasteiger partial charge in [0.2, 0.25) is 0 Å². The summed E-state index contributed by atoms with van der Waals surface area (Å²) in [5.74, 6) is 0.796. The van der Waals surface area contributed by atoms with Gasteiger partial charge in [-0.3, -0.25) is 0 Å². The summed E-state index contributed by atoms with van der Waals surface area (Å²) < 4.78 is 13.4. The van der Waals surface area contributed by atoms with E-state index in [1.807, 2.05) is 6.07 Å². The minimum Gasteiger partial charge on any atom is -0.305 e.